The molecular formula is C99H189N23O3. The zero-order valence-electron chi connectivity index (χ0n) is 86.1. The first-order valence-corrected chi connectivity index (χ1v) is 49.8. The fourth-order valence-corrected chi connectivity index (χ4v) is 27.3. The number of nitrogens with one attached hydrogen (secondary N) is 14. The minimum Gasteiger partial charge on any atom is -0.357 e. The molecule has 0 aromatic rings. The zero-order chi connectivity index (χ0) is 92.3. The number of amidine groups is 3. The minimum atomic E-state index is -0.166. The molecule has 11 aliphatic heterocycles. The molecule has 0 bridgehead atoms. The Balaban J connectivity index is 1.04. The Kier molecular flexibility index (Phi) is 30.6. The maximum Gasteiger partial charge on any atom is 0.142 e. The molecule has 3 unspecified atom stereocenters. The van der Waals surface area contributed by atoms with Gasteiger partial charge >= 0.3 is 0 Å². The molecule has 0 aliphatic carbocycles. The second kappa shape index (κ2) is 37.7. The van der Waals surface area contributed by atoms with Crippen molar-refractivity contribution in [3.8, 4) is 0 Å². The van der Waals surface area contributed by atoms with E-state index < -0.39 is 0 Å². The third-order valence-electron chi connectivity index (χ3n) is 28.1. The molecule has 0 aromatic carbocycles. The zero-order valence-corrected chi connectivity index (χ0v) is 86.1. The van der Waals surface area contributed by atoms with Crippen LogP contribution in [-0.2, 0) is 14.5 Å². The first kappa shape index (κ1) is 101. The number of rotatable bonds is 31. The van der Waals surface area contributed by atoms with Crippen LogP contribution in [0.2, 0.25) is 0 Å². The number of nitrogens with zero attached hydrogens (tertiary/aromatic N) is 9. The molecule has 0 radical (unpaired) electrons. The third-order valence-corrected chi connectivity index (χ3v) is 28.1. The summed E-state index contributed by atoms with van der Waals surface area (Å²) in [6, 6.07) is 0.539. The molecule has 125 heavy (non-hydrogen) atoms. The summed E-state index contributed by atoms with van der Waals surface area (Å²) < 4.78 is 0. The van der Waals surface area contributed by atoms with Crippen LogP contribution in [0, 0.1) is 17.8 Å². The molecule has 8 saturated heterocycles. The van der Waals surface area contributed by atoms with Crippen LogP contribution in [-0.4, -0.2) is 211 Å². The Hall–Kier alpha value is -4.13. The lowest BCUT2D eigenvalue weighted by Gasteiger charge is -2.52. The topological polar surface area (TPSA) is 253 Å². The average Bonchev–Trinajstić information content (AvgIpc) is 0.769. The third kappa shape index (κ3) is 29.7. The Morgan fingerprint density at radius 1 is 0.280 bits per heavy atom. The van der Waals surface area contributed by atoms with Gasteiger partial charge in [0.2, 0.25) is 0 Å². The number of piperidine rings is 8. The molecule has 26 nitrogen and oxygen atoms in total. The van der Waals surface area contributed by atoms with Crippen LogP contribution in [0.1, 0.15) is 396 Å². The van der Waals surface area contributed by atoms with Gasteiger partial charge < -0.3 is 57.2 Å². The first-order valence-electron chi connectivity index (χ1n) is 49.8. The van der Waals surface area contributed by atoms with Crippen molar-refractivity contribution in [3.63, 3.8) is 0 Å². The predicted octanol–water partition coefficient (Wildman–Crippen LogP) is 15.9. The fourth-order valence-electron chi connectivity index (χ4n) is 27.3. The molecule has 0 spiro atoms. The Labute approximate surface area is 761 Å². The van der Waals surface area contributed by atoms with E-state index in [4.69, 9.17) is 29.5 Å². The van der Waals surface area contributed by atoms with Gasteiger partial charge in [-0.05, 0) is 390 Å². The van der Waals surface area contributed by atoms with Gasteiger partial charge in [-0.15, -0.1) is 0 Å². The molecule has 8 fully saturated rings. The molecule has 0 aromatic heterocycles. The summed E-state index contributed by atoms with van der Waals surface area (Å²) in [5.74, 6) is 6.56. The van der Waals surface area contributed by atoms with E-state index in [1.807, 2.05) is 15.8 Å². The normalized spacial score (nSPS) is 29.8. The van der Waals surface area contributed by atoms with Gasteiger partial charge in [-0.2, -0.15) is 0 Å². The van der Waals surface area contributed by atoms with Crippen molar-refractivity contribution in [2.45, 2.75) is 534 Å². The lowest BCUT2D eigenvalue weighted by Crippen LogP contribution is -2.65. The quantitative estimate of drug-likeness (QED) is 0.0308. The summed E-state index contributed by atoms with van der Waals surface area (Å²) in [5.41, 5.74) is 21.6. The number of hydrogen-bond acceptors (Lipinski definition) is 23. The summed E-state index contributed by atoms with van der Waals surface area (Å²) >= 11 is 0. The van der Waals surface area contributed by atoms with Crippen LogP contribution in [0.15, 0.2) is 50.7 Å². The van der Waals surface area contributed by atoms with Crippen molar-refractivity contribution in [2.24, 2.45) is 32.7 Å². The van der Waals surface area contributed by atoms with Crippen molar-refractivity contribution >= 4 is 17.5 Å². The van der Waals surface area contributed by atoms with Crippen LogP contribution >= 0.6 is 0 Å². The number of hydrogen-bond donors (Lipinski definition) is 14. The van der Waals surface area contributed by atoms with E-state index in [0.717, 1.165) is 202 Å². The highest BCUT2D eigenvalue weighted by molar-refractivity contribution is 5.94. The summed E-state index contributed by atoms with van der Waals surface area (Å²) in [6.07, 6.45) is 29.4. The van der Waals surface area contributed by atoms with Crippen molar-refractivity contribution in [3.05, 3.63) is 35.7 Å². The maximum absolute atomic E-state index is 7.42. The van der Waals surface area contributed by atoms with E-state index in [9.17, 15) is 0 Å². The lowest BCUT2D eigenvalue weighted by atomic mass is 9.72. The van der Waals surface area contributed by atoms with Crippen LogP contribution in [0.25, 0.3) is 0 Å². The average molecular weight is 1750 g/mol. The van der Waals surface area contributed by atoms with Gasteiger partial charge in [-0.1, -0.05) is 40.0 Å². The SMILES string of the molecule is CCCC(N=C1C=C(N(CCCN(C2=CC(=NC(CCC)C3CC(C)(C)NC(C)(C)C3)NN(OC3CC(C)(C)NC(C)(C)C3)N2)C2CC(C)(C)NC(C)(C)C2)CCCN(C2=CC(=NC(CCC)C3CC(C)(C)NC(C)(C)C3)NN(OC3CC(C)(C)NC(C)(C)C3)N2)C2CC(C)(C)NC(C)(C)C2)NN(OC2CC(C)(C)NC(C)(C)C2)N1)C1CC(C)(C)NC(C)(C)C1. The molecule has 14 N–H and O–H groups in total. The van der Waals surface area contributed by atoms with Crippen LogP contribution < -0.4 is 75.1 Å². The molecule has 26 heteroatoms. The summed E-state index contributed by atoms with van der Waals surface area (Å²) in [5, 5.41) is 37.6. The maximum atomic E-state index is 7.42. The second-order valence-electron chi connectivity index (χ2n) is 52.0. The standard InChI is InChI=1S/C99H189N23O3/c1-36-41-75(67-51-84(4,5)109-85(6,7)52-67)100-78-48-81(106-120(103-78)123-72-61-94(24,25)114-95(26,27)62-72)117(44-39-46-118(70-57-90(16,17)112-91(18,19)58-70)82-49-79(101-76(42-37-2)68-53-86(8,9)110-87(10,11)54-68)104-121(107-82)124-73-63-96(28,29)115-97(30,31)64-73)45-40-47-119(71-59-92(20,21)113-93(22,23)60-71)83-50-80(102-77(43-38-3)69-55-88(12,13)111-89(14,15)56-69)105-122(108-83)125-74-65-98(32,33)116-99(34,35)66-74/h48-50,67-77,106-116H,36-47,51-66H2,1-35H3,(H,100,103)(H,101,104)(H,102,105). The largest absolute Gasteiger partial charge is 0.357 e. The van der Waals surface area contributed by atoms with Crippen LogP contribution in [0.5, 0.6) is 0 Å². The van der Waals surface area contributed by atoms with Gasteiger partial charge in [0.15, 0.2) is 0 Å². The number of hydrazine groups is 6. The van der Waals surface area contributed by atoms with Gasteiger partial charge in [0, 0.05) is 145 Å². The number of aliphatic imine (C=N–C) groups is 3. The molecule has 718 valence electrons. The van der Waals surface area contributed by atoms with Crippen molar-refractivity contribution < 1.29 is 14.5 Å². The molecule has 11 aliphatic rings. The lowest BCUT2D eigenvalue weighted by molar-refractivity contribution is -0.263. The van der Waals surface area contributed by atoms with Gasteiger partial charge in [0.05, 0.1) is 36.4 Å². The first-order chi connectivity index (χ1) is 57.2. The minimum absolute atomic E-state index is 0.0351. The second-order valence-corrected chi connectivity index (χ2v) is 52.0. The van der Waals surface area contributed by atoms with E-state index in [2.05, 4.69) is 350 Å². The Bertz CT molecular complexity index is 3500. The monoisotopic (exact) mass is 1750 g/mol. The summed E-state index contributed by atoms with van der Waals surface area (Å²) in [4.78, 5) is 48.1. The molecule has 11 heterocycles. The smallest absolute Gasteiger partial charge is 0.142 e. The van der Waals surface area contributed by atoms with Gasteiger partial charge in [0.1, 0.15) is 35.0 Å². The highest BCUT2D eigenvalue weighted by atomic mass is 16.8. The summed E-state index contributed by atoms with van der Waals surface area (Å²) in [7, 11) is 0. The van der Waals surface area contributed by atoms with Crippen LogP contribution in [0.4, 0.5) is 0 Å². The van der Waals surface area contributed by atoms with Crippen LogP contribution in [0.3, 0.4) is 0 Å². The van der Waals surface area contributed by atoms with Gasteiger partial charge in [-0.25, -0.2) is 0 Å². The highest BCUT2D eigenvalue weighted by Gasteiger charge is 2.50. The molecule has 0 amide bonds. The van der Waals surface area contributed by atoms with E-state index >= 15 is 0 Å². The van der Waals surface area contributed by atoms with Gasteiger partial charge in [-0.3, -0.25) is 62.0 Å². The predicted molar refractivity (Wildman–Crippen MR) is 518 cm³/mol. The molecule has 0 saturated carbocycles. The fraction of sp³-hybridized carbons (Fsp3) is 0.909. The summed E-state index contributed by atoms with van der Waals surface area (Å²) in [6.45, 7) is 85.4. The Morgan fingerprint density at radius 3 is 0.704 bits per heavy atom. The van der Waals surface area contributed by atoms with Crippen molar-refractivity contribution in [1.82, 2.24) is 106 Å². The Morgan fingerprint density at radius 2 is 0.480 bits per heavy atom. The highest BCUT2D eigenvalue weighted by Crippen LogP contribution is 2.44. The van der Waals surface area contributed by atoms with E-state index in [1.54, 1.807) is 0 Å². The molecular weight excluding hydrogens is 1560 g/mol. The molecule has 11 rings (SSSR count). The van der Waals surface area contributed by atoms with Crippen molar-refractivity contribution in [1.29, 1.82) is 0 Å². The van der Waals surface area contributed by atoms with E-state index in [0.29, 0.717) is 30.8 Å². The van der Waals surface area contributed by atoms with E-state index in [-0.39, 0.29) is 137 Å². The van der Waals surface area contributed by atoms with Gasteiger partial charge in [0.25, 0.3) is 0 Å². The molecule has 3 atom stereocenters. The van der Waals surface area contributed by atoms with Crippen molar-refractivity contribution in [2.75, 3.05) is 26.2 Å². The van der Waals surface area contributed by atoms with E-state index in [1.165, 1.54) is 0 Å².